The first-order valence-corrected chi connectivity index (χ1v) is 16.2. The van der Waals surface area contributed by atoms with Gasteiger partial charge >= 0.3 is 0 Å². The van der Waals surface area contributed by atoms with Crippen LogP contribution in [0.4, 0.5) is 0 Å². The molecule has 0 aliphatic carbocycles. The number of imidazole rings is 1. The zero-order valence-electron chi connectivity index (χ0n) is 24.8. The molecule has 0 amide bonds. The van der Waals surface area contributed by atoms with E-state index in [1.54, 1.807) is 11.3 Å². The summed E-state index contributed by atoms with van der Waals surface area (Å²) in [6.45, 7) is 0. The van der Waals surface area contributed by atoms with Crippen LogP contribution in [-0.2, 0) is 0 Å². The minimum Gasteiger partial charge on any atom is -0.456 e. The van der Waals surface area contributed by atoms with Gasteiger partial charge in [-0.2, -0.15) is 9.97 Å². The predicted octanol–water partition coefficient (Wildman–Crippen LogP) is 10.5. The van der Waals surface area contributed by atoms with Gasteiger partial charge in [-0.3, -0.25) is 4.57 Å². The summed E-state index contributed by atoms with van der Waals surface area (Å²) in [7, 11) is 0. The van der Waals surface area contributed by atoms with Crippen LogP contribution in [0.15, 0.2) is 144 Å². The number of thiophene rings is 1. The number of furan rings is 1. The lowest BCUT2D eigenvalue weighted by Gasteiger charge is -2.12. The fourth-order valence-corrected chi connectivity index (χ4v) is 7.61. The molecule has 0 atom stereocenters. The van der Waals surface area contributed by atoms with Crippen LogP contribution in [0.3, 0.4) is 0 Å². The zero-order valence-corrected chi connectivity index (χ0v) is 25.6. The molecule has 0 saturated carbocycles. The first kappa shape index (κ1) is 26.1. The summed E-state index contributed by atoms with van der Waals surface area (Å²) in [5.74, 6) is 2.41. The van der Waals surface area contributed by atoms with E-state index in [4.69, 9.17) is 24.4 Å². The second kappa shape index (κ2) is 10.2. The highest BCUT2D eigenvalue weighted by molar-refractivity contribution is 7.25. The first-order valence-electron chi connectivity index (χ1n) is 15.4. The Bertz CT molecular complexity index is 2810. The van der Waals surface area contributed by atoms with Crippen molar-refractivity contribution < 1.29 is 4.42 Å². The first-order chi connectivity index (χ1) is 23.3. The maximum atomic E-state index is 6.24. The van der Waals surface area contributed by atoms with Crippen molar-refractivity contribution in [2.75, 3.05) is 0 Å². The van der Waals surface area contributed by atoms with Crippen molar-refractivity contribution >= 4 is 64.5 Å². The number of nitrogens with zero attached hydrogens (tertiary/aromatic N) is 5. The van der Waals surface area contributed by atoms with E-state index in [9.17, 15) is 0 Å². The van der Waals surface area contributed by atoms with E-state index in [2.05, 4.69) is 71.3 Å². The molecule has 6 nitrogen and oxygen atoms in total. The van der Waals surface area contributed by atoms with Crippen LogP contribution in [0, 0.1) is 0 Å². The highest BCUT2D eigenvalue weighted by atomic mass is 32.1. The van der Waals surface area contributed by atoms with Crippen molar-refractivity contribution in [2.24, 2.45) is 0 Å². The Kier molecular flexibility index (Phi) is 5.64. The maximum absolute atomic E-state index is 6.24. The molecular formula is C40H23N5OS. The third-order valence-electron chi connectivity index (χ3n) is 8.69. The molecule has 4 aromatic heterocycles. The van der Waals surface area contributed by atoms with Gasteiger partial charge in [-0.15, -0.1) is 11.3 Å². The molecule has 0 radical (unpaired) electrons. The van der Waals surface area contributed by atoms with Crippen LogP contribution in [0.25, 0.3) is 93.3 Å². The summed E-state index contributed by atoms with van der Waals surface area (Å²) >= 11 is 1.79. The summed E-state index contributed by atoms with van der Waals surface area (Å²) in [6, 6.07) is 47.5. The van der Waals surface area contributed by atoms with Crippen LogP contribution < -0.4 is 0 Å². The average Bonchev–Trinajstić information content (AvgIpc) is 3.82. The van der Waals surface area contributed by atoms with Gasteiger partial charge in [-0.05, 0) is 42.5 Å². The predicted molar refractivity (Wildman–Crippen MR) is 191 cm³/mol. The quantitative estimate of drug-likeness (QED) is 0.196. The lowest BCUT2D eigenvalue weighted by Crippen LogP contribution is -2.07. The lowest BCUT2D eigenvalue weighted by molar-refractivity contribution is 0.669. The van der Waals surface area contributed by atoms with Gasteiger partial charge in [-0.25, -0.2) is 9.97 Å². The van der Waals surface area contributed by atoms with Crippen molar-refractivity contribution in [2.45, 2.75) is 0 Å². The molecule has 47 heavy (non-hydrogen) atoms. The number of aromatic nitrogens is 5. The molecule has 4 heterocycles. The number of benzene rings is 6. The number of fused-ring (bicyclic) bond motifs is 7. The van der Waals surface area contributed by atoms with Crippen molar-refractivity contribution in [3.8, 4) is 40.1 Å². The molecule has 0 fully saturated rings. The molecule has 0 aliphatic rings. The van der Waals surface area contributed by atoms with E-state index in [-0.39, 0.29) is 0 Å². The van der Waals surface area contributed by atoms with Crippen LogP contribution >= 0.6 is 11.3 Å². The fraction of sp³-hybridized carbons (Fsp3) is 0. The third-order valence-corrected chi connectivity index (χ3v) is 9.82. The molecule has 0 saturated heterocycles. The summed E-state index contributed by atoms with van der Waals surface area (Å²) in [4.78, 5) is 20.3. The fourth-order valence-electron chi connectivity index (χ4n) is 6.46. The van der Waals surface area contributed by atoms with Crippen molar-refractivity contribution in [1.29, 1.82) is 0 Å². The molecule has 0 bridgehead atoms. The largest absolute Gasteiger partial charge is 0.456 e. The van der Waals surface area contributed by atoms with E-state index < -0.39 is 0 Å². The molecule has 0 unspecified atom stereocenters. The molecule has 0 aliphatic heterocycles. The molecule has 10 rings (SSSR count). The van der Waals surface area contributed by atoms with Crippen molar-refractivity contribution in [3.05, 3.63) is 140 Å². The van der Waals surface area contributed by atoms with Gasteiger partial charge in [0, 0.05) is 47.6 Å². The molecule has 7 heteroatoms. The summed E-state index contributed by atoms with van der Waals surface area (Å²) in [5.41, 5.74) is 6.17. The van der Waals surface area contributed by atoms with E-state index in [0.29, 0.717) is 17.6 Å². The van der Waals surface area contributed by atoms with Gasteiger partial charge in [0.25, 0.3) is 0 Å². The highest BCUT2D eigenvalue weighted by Crippen LogP contribution is 2.38. The average molecular weight is 622 g/mol. The van der Waals surface area contributed by atoms with E-state index in [0.717, 1.165) is 55.5 Å². The Morgan fingerprint density at radius 1 is 0.468 bits per heavy atom. The van der Waals surface area contributed by atoms with Crippen LogP contribution in [-0.4, -0.2) is 24.5 Å². The Balaban J connectivity index is 1.22. The van der Waals surface area contributed by atoms with Crippen molar-refractivity contribution in [3.63, 3.8) is 0 Å². The molecule has 10 aromatic rings. The van der Waals surface area contributed by atoms with E-state index >= 15 is 0 Å². The normalized spacial score (nSPS) is 11.8. The summed E-state index contributed by atoms with van der Waals surface area (Å²) < 4.78 is 10.8. The molecule has 6 aromatic carbocycles. The Labute approximate surface area is 272 Å². The molecule has 0 spiro atoms. The number of hydrogen-bond acceptors (Lipinski definition) is 6. The highest BCUT2D eigenvalue weighted by Gasteiger charge is 2.21. The second-order valence-electron chi connectivity index (χ2n) is 11.5. The Hall–Kier alpha value is -6.18. The maximum Gasteiger partial charge on any atom is 0.240 e. The second-order valence-corrected chi connectivity index (χ2v) is 12.6. The molecule has 220 valence electrons. The third kappa shape index (κ3) is 4.17. The smallest absolute Gasteiger partial charge is 0.240 e. The van der Waals surface area contributed by atoms with Gasteiger partial charge < -0.3 is 4.42 Å². The molecular weight excluding hydrogens is 599 g/mol. The van der Waals surface area contributed by atoms with Gasteiger partial charge in [0.2, 0.25) is 5.95 Å². The minimum atomic E-state index is 0.499. The van der Waals surface area contributed by atoms with Crippen LogP contribution in [0.2, 0.25) is 0 Å². The van der Waals surface area contributed by atoms with Gasteiger partial charge in [0.05, 0.1) is 11.0 Å². The lowest BCUT2D eigenvalue weighted by atomic mass is 10.1. The van der Waals surface area contributed by atoms with Gasteiger partial charge in [-0.1, -0.05) is 97.1 Å². The topological polar surface area (TPSA) is 69.6 Å². The van der Waals surface area contributed by atoms with Crippen LogP contribution in [0.1, 0.15) is 0 Å². The zero-order chi connectivity index (χ0) is 30.9. The monoisotopic (exact) mass is 621 g/mol. The number of rotatable bonds is 4. The minimum absolute atomic E-state index is 0.499. The van der Waals surface area contributed by atoms with E-state index in [1.165, 1.54) is 20.2 Å². The van der Waals surface area contributed by atoms with Crippen molar-refractivity contribution in [1.82, 2.24) is 24.5 Å². The van der Waals surface area contributed by atoms with Crippen LogP contribution in [0.5, 0.6) is 0 Å². The standard InChI is InChI=1S/C40H23N5OS/c1-2-10-24(11-3-1)37-42-38(25-18-20-28-27-12-4-8-16-33(27)46-34(28)22-25)44-40(43-37)45-32-15-7-6-14-31(32)41-39(45)26-19-21-30-29-13-5-9-17-35(29)47-36(30)23-26/h1-23H. The number of hydrogen-bond donors (Lipinski definition) is 0. The summed E-state index contributed by atoms with van der Waals surface area (Å²) in [5, 5.41) is 4.65. The SMILES string of the molecule is c1ccc(-c2nc(-c3ccc4c(c3)oc3ccccc34)nc(-n3c(-c4ccc5c(c4)sc4ccccc45)nc4ccccc43)n2)cc1. The Morgan fingerprint density at radius 2 is 1.15 bits per heavy atom. The van der Waals surface area contributed by atoms with Gasteiger partial charge in [0.15, 0.2) is 11.6 Å². The Morgan fingerprint density at radius 3 is 2.06 bits per heavy atom. The van der Waals surface area contributed by atoms with E-state index in [1.807, 2.05) is 72.8 Å². The number of para-hydroxylation sites is 3. The van der Waals surface area contributed by atoms with Gasteiger partial charge in [0.1, 0.15) is 17.0 Å². The summed E-state index contributed by atoms with van der Waals surface area (Å²) in [6.07, 6.45) is 0. The molecule has 0 N–H and O–H groups in total.